The molecule has 0 rings (SSSR count). The van der Waals surface area contributed by atoms with Gasteiger partial charge in [0, 0.05) is 12.8 Å². The zero-order valence-electron chi connectivity index (χ0n) is 34.8. The molecule has 52 heavy (non-hydrogen) atoms. The van der Waals surface area contributed by atoms with Crippen LogP contribution in [-0.4, -0.2) is 69.7 Å². The first-order valence-electron chi connectivity index (χ1n) is 22.1. The number of hydrogen-bond donors (Lipinski definition) is 1. The Bertz CT molecular complexity index is 814. The molecule has 7 nitrogen and oxygen atoms in total. The first kappa shape index (κ1) is 49.9. The molecule has 0 aliphatic heterocycles. The van der Waals surface area contributed by atoms with Crippen LogP contribution in [0, 0.1) is 0 Å². The van der Waals surface area contributed by atoms with Crippen molar-refractivity contribution in [2.45, 2.75) is 200 Å². The number of ether oxygens (including phenoxy) is 2. The molecule has 0 fully saturated rings. The second-order valence-electron chi connectivity index (χ2n) is 15.2. The van der Waals surface area contributed by atoms with Gasteiger partial charge in [0.05, 0.1) is 40.2 Å². The molecule has 0 aromatic rings. The van der Waals surface area contributed by atoms with E-state index in [1.54, 1.807) is 4.90 Å². The Morgan fingerprint density at radius 2 is 0.788 bits per heavy atom. The van der Waals surface area contributed by atoms with E-state index in [0.717, 1.165) is 57.9 Å². The van der Waals surface area contributed by atoms with Crippen LogP contribution in [0.5, 0.6) is 0 Å². The molecular formula is C45H85N2O5+. The van der Waals surface area contributed by atoms with Gasteiger partial charge in [-0.25, -0.2) is 0 Å². The standard InChI is InChI=1S/C45H84N2O5/c1-5-7-9-11-13-15-17-19-21-23-25-27-29-31-33-35-44(49)51-41-39-47(43(48)37-38-46(3)4)40-42-52-45(50)36-34-32-30-28-26-24-22-20-18-16-14-12-10-8-6-2/h19-22H,5-18,23-42H2,1-4H3/p+1/b21-19-,22-20-. The first-order valence-corrected chi connectivity index (χ1v) is 22.1. The molecule has 0 aliphatic carbocycles. The minimum atomic E-state index is -0.200. The van der Waals surface area contributed by atoms with Crippen LogP contribution in [0.1, 0.15) is 200 Å². The van der Waals surface area contributed by atoms with Crippen molar-refractivity contribution in [3.05, 3.63) is 24.3 Å². The van der Waals surface area contributed by atoms with Gasteiger partial charge in [-0.05, 0) is 64.2 Å². The Morgan fingerprint density at radius 1 is 0.462 bits per heavy atom. The number of quaternary nitrogens is 1. The highest BCUT2D eigenvalue weighted by molar-refractivity contribution is 5.76. The molecule has 1 N–H and O–H groups in total. The van der Waals surface area contributed by atoms with Crippen molar-refractivity contribution in [1.29, 1.82) is 0 Å². The Balaban J connectivity index is 3.99. The van der Waals surface area contributed by atoms with E-state index < -0.39 is 0 Å². The van der Waals surface area contributed by atoms with Crippen LogP contribution >= 0.6 is 0 Å². The summed E-state index contributed by atoms with van der Waals surface area (Å²) in [5.41, 5.74) is 0. The molecule has 0 aromatic heterocycles. The largest absolute Gasteiger partial charge is 0.464 e. The number of carbonyl (C=O) groups is 3. The second kappa shape index (κ2) is 40.0. The Labute approximate surface area is 322 Å². The molecule has 0 saturated heterocycles. The zero-order chi connectivity index (χ0) is 38.2. The molecule has 0 aliphatic rings. The van der Waals surface area contributed by atoms with E-state index in [9.17, 15) is 14.4 Å². The molecule has 0 radical (unpaired) electrons. The molecule has 0 bridgehead atoms. The van der Waals surface area contributed by atoms with E-state index in [1.165, 1.54) is 120 Å². The number of hydrogen-bond acceptors (Lipinski definition) is 5. The van der Waals surface area contributed by atoms with Gasteiger partial charge in [0.2, 0.25) is 5.91 Å². The highest BCUT2D eigenvalue weighted by Gasteiger charge is 2.16. The van der Waals surface area contributed by atoms with Crippen molar-refractivity contribution in [2.24, 2.45) is 0 Å². The highest BCUT2D eigenvalue weighted by Crippen LogP contribution is 2.12. The maximum absolute atomic E-state index is 12.9. The Morgan fingerprint density at radius 3 is 1.13 bits per heavy atom. The number of carbonyl (C=O) groups excluding carboxylic acids is 3. The number of unbranched alkanes of at least 4 members (excludes halogenated alkanes) is 22. The number of rotatable bonds is 39. The van der Waals surface area contributed by atoms with Gasteiger partial charge >= 0.3 is 11.9 Å². The highest BCUT2D eigenvalue weighted by atomic mass is 16.5. The predicted octanol–water partition coefficient (Wildman–Crippen LogP) is 10.5. The molecule has 0 spiro atoms. The molecule has 0 saturated carbocycles. The number of amides is 1. The third-order valence-corrected chi connectivity index (χ3v) is 9.73. The summed E-state index contributed by atoms with van der Waals surface area (Å²) in [6, 6.07) is 0. The van der Waals surface area contributed by atoms with Crippen LogP contribution in [0.4, 0.5) is 0 Å². The molecule has 7 heteroatoms. The van der Waals surface area contributed by atoms with Gasteiger partial charge in [-0.15, -0.1) is 0 Å². The third kappa shape index (κ3) is 37.6. The zero-order valence-corrected chi connectivity index (χ0v) is 34.8. The van der Waals surface area contributed by atoms with Gasteiger partial charge in [0.25, 0.3) is 0 Å². The summed E-state index contributed by atoms with van der Waals surface area (Å²) in [4.78, 5) is 40.4. The Kier molecular flexibility index (Phi) is 38.4. The fourth-order valence-corrected chi connectivity index (χ4v) is 6.24. The van der Waals surface area contributed by atoms with E-state index in [0.29, 0.717) is 32.4 Å². The van der Waals surface area contributed by atoms with Crippen molar-refractivity contribution in [2.75, 3.05) is 46.9 Å². The summed E-state index contributed by atoms with van der Waals surface area (Å²) in [6.07, 6.45) is 42.4. The van der Waals surface area contributed by atoms with Gasteiger partial charge in [-0.1, -0.05) is 141 Å². The number of allylic oxidation sites excluding steroid dienone is 4. The SMILES string of the molecule is CCCCCCCC/C=C\CCCCCCCC(=O)OCCN(CCOC(=O)CCCCCCC/C=C\CCCCCCCC)C(=O)CC[NH+](C)C. The predicted molar refractivity (Wildman–Crippen MR) is 220 cm³/mol. The number of nitrogens with one attached hydrogen (secondary N) is 1. The summed E-state index contributed by atoms with van der Waals surface area (Å²) >= 11 is 0. The van der Waals surface area contributed by atoms with Gasteiger partial charge in [0.1, 0.15) is 13.2 Å². The summed E-state index contributed by atoms with van der Waals surface area (Å²) in [5, 5.41) is 0. The van der Waals surface area contributed by atoms with E-state index in [1.807, 2.05) is 14.1 Å². The van der Waals surface area contributed by atoms with Gasteiger partial charge in [-0.3, -0.25) is 14.4 Å². The van der Waals surface area contributed by atoms with Crippen LogP contribution in [0.3, 0.4) is 0 Å². The molecule has 0 atom stereocenters. The summed E-state index contributed by atoms with van der Waals surface area (Å²) in [5.74, 6) is -0.397. The van der Waals surface area contributed by atoms with Gasteiger partial charge in [0.15, 0.2) is 0 Å². The fourth-order valence-electron chi connectivity index (χ4n) is 6.24. The molecule has 0 unspecified atom stereocenters. The molecular weight excluding hydrogens is 649 g/mol. The smallest absolute Gasteiger partial charge is 0.305 e. The number of esters is 2. The van der Waals surface area contributed by atoms with Gasteiger partial charge < -0.3 is 19.3 Å². The van der Waals surface area contributed by atoms with Crippen LogP contribution in [0.15, 0.2) is 24.3 Å². The molecule has 0 heterocycles. The summed E-state index contributed by atoms with van der Waals surface area (Å²) in [7, 11) is 4.04. The van der Waals surface area contributed by atoms with E-state index >= 15 is 0 Å². The van der Waals surface area contributed by atoms with Crippen molar-refractivity contribution in [3.8, 4) is 0 Å². The van der Waals surface area contributed by atoms with E-state index in [4.69, 9.17) is 9.47 Å². The maximum Gasteiger partial charge on any atom is 0.305 e. The second-order valence-corrected chi connectivity index (χ2v) is 15.2. The first-order chi connectivity index (χ1) is 25.4. The lowest BCUT2D eigenvalue weighted by Gasteiger charge is -2.23. The maximum atomic E-state index is 12.9. The molecule has 304 valence electrons. The fraction of sp³-hybridized carbons (Fsp3) is 0.844. The summed E-state index contributed by atoms with van der Waals surface area (Å²) in [6.45, 7) is 6.24. The average molecular weight is 734 g/mol. The van der Waals surface area contributed by atoms with E-state index in [-0.39, 0.29) is 31.1 Å². The third-order valence-electron chi connectivity index (χ3n) is 9.73. The summed E-state index contributed by atoms with van der Waals surface area (Å²) < 4.78 is 10.9. The van der Waals surface area contributed by atoms with Crippen molar-refractivity contribution in [1.82, 2.24) is 4.90 Å². The minimum Gasteiger partial charge on any atom is -0.464 e. The molecule has 0 aromatic carbocycles. The van der Waals surface area contributed by atoms with Crippen LogP contribution in [-0.2, 0) is 23.9 Å². The van der Waals surface area contributed by atoms with Crippen molar-refractivity contribution < 1.29 is 28.8 Å². The minimum absolute atomic E-state index is 0.00260. The average Bonchev–Trinajstić information content (AvgIpc) is 3.13. The molecule has 1 amide bonds. The monoisotopic (exact) mass is 734 g/mol. The van der Waals surface area contributed by atoms with Crippen LogP contribution in [0.2, 0.25) is 0 Å². The van der Waals surface area contributed by atoms with Crippen molar-refractivity contribution in [3.63, 3.8) is 0 Å². The van der Waals surface area contributed by atoms with Crippen LogP contribution < -0.4 is 4.90 Å². The van der Waals surface area contributed by atoms with Crippen LogP contribution in [0.25, 0.3) is 0 Å². The van der Waals surface area contributed by atoms with Gasteiger partial charge in [-0.2, -0.15) is 0 Å². The lowest BCUT2D eigenvalue weighted by atomic mass is 10.1. The Hall–Kier alpha value is -2.15. The topological polar surface area (TPSA) is 77.3 Å². The lowest BCUT2D eigenvalue weighted by molar-refractivity contribution is -0.857. The quantitative estimate of drug-likeness (QED) is 0.0387. The lowest BCUT2D eigenvalue weighted by Crippen LogP contribution is -3.05. The number of nitrogens with zero attached hydrogens (tertiary/aromatic N) is 1. The van der Waals surface area contributed by atoms with E-state index in [2.05, 4.69) is 38.2 Å². The normalized spacial score (nSPS) is 11.6. The van der Waals surface area contributed by atoms with Crippen molar-refractivity contribution >= 4 is 17.8 Å².